The van der Waals surface area contributed by atoms with E-state index in [1.54, 1.807) is 0 Å². The number of hydrogen-bond acceptors (Lipinski definition) is 3. The fourth-order valence-electron chi connectivity index (χ4n) is 3.18. The molecule has 3 unspecified atom stereocenters. The highest BCUT2D eigenvalue weighted by molar-refractivity contribution is 5.67. The predicted molar refractivity (Wildman–Crippen MR) is 64.6 cm³/mol. The van der Waals surface area contributed by atoms with Crippen LogP contribution in [0.15, 0.2) is 0 Å². The topological polar surface area (TPSA) is 58.6 Å². The SMILES string of the molecule is CC(C)(C)OC(=O)NCC12CCC(CC1O)C2. The summed E-state index contributed by atoms with van der Waals surface area (Å²) in [5.74, 6) is 0.658. The number of aliphatic hydroxyl groups is 1. The molecule has 0 aromatic heterocycles. The minimum Gasteiger partial charge on any atom is -0.444 e. The third kappa shape index (κ3) is 2.73. The Kier molecular flexibility index (Phi) is 3.10. The van der Waals surface area contributed by atoms with Crippen LogP contribution in [0.1, 0.15) is 46.5 Å². The number of nitrogens with one attached hydrogen (secondary N) is 1. The molecule has 0 saturated heterocycles. The van der Waals surface area contributed by atoms with E-state index in [0.717, 1.165) is 19.3 Å². The summed E-state index contributed by atoms with van der Waals surface area (Å²) in [6.45, 7) is 6.09. The molecule has 2 aliphatic rings. The first-order valence-electron chi connectivity index (χ1n) is 6.46. The van der Waals surface area contributed by atoms with Gasteiger partial charge in [0, 0.05) is 12.0 Å². The largest absolute Gasteiger partial charge is 0.444 e. The van der Waals surface area contributed by atoms with Crippen molar-refractivity contribution in [2.24, 2.45) is 11.3 Å². The van der Waals surface area contributed by atoms with E-state index < -0.39 is 5.60 Å². The lowest BCUT2D eigenvalue weighted by molar-refractivity contribution is 0.0280. The first kappa shape index (κ1) is 12.7. The number of ether oxygens (including phenoxy) is 1. The molecule has 4 heteroatoms. The Morgan fingerprint density at radius 2 is 2.24 bits per heavy atom. The quantitative estimate of drug-likeness (QED) is 0.778. The molecular formula is C13H23NO3. The number of rotatable bonds is 2. The fourth-order valence-corrected chi connectivity index (χ4v) is 3.18. The van der Waals surface area contributed by atoms with Crippen molar-refractivity contribution >= 4 is 6.09 Å². The summed E-state index contributed by atoms with van der Waals surface area (Å²) in [5, 5.41) is 12.8. The molecule has 17 heavy (non-hydrogen) atoms. The van der Waals surface area contributed by atoms with Crippen LogP contribution in [0, 0.1) is 11.3 Å². The molecule has 0 spiro atoms. The number of carbonyl (C=O) groups is 1. The molecule has 2 fully saturated rings. The summed E-state index contributed by atoms with van der Waals surface area (Å²) in [4.78, 5) is 11.6. The van der Waals surface area contributed by atoms with Crippen molar-refractivity contribution in [2.45, 2.75) is 58.2 Å². The zero-order valence-electron chi connectivity index (χ0n) is 11.0. The predicted octanol–water partition coefficient (Wildman–Crippen LogP) is 2.06. The Labute approximate surface area is 103 Å². The second kappa shape index (κ2) is 4.16. The zero-order chi connectivity index (χ0) is 12.7. The van der Waals surface area contributed by atoms with E-state index in [4.69, 9.17) is 4.74 Å². The lowest BCUT2D eigenvalue weighted by atomic mass is 9.82. The highest BCUT2D eigenvalue weighted by Gasteiger charge is 2.51. The van der Waals surface area contributed by atoms with Crippen LogP contribution in [0.2, 0.25) is 0 Å². The van der Waals surface area contributed by atoms with Crippen molar-refractivity contribution in [1.29, 1.82) is 0 Å². The molecule has 2 aliphatic carbocycles. The molecule has 0 aromatic rings. The lowest BCUT2D eigenvalue weighted by Gasteiger charge is -2.32. The molecule has 4 nitrogen and oxygen atoms in total. The van der Waals surface area contributed by atoms with Gasteiger partial charge in [0.25, 0.3) is 0 Å². The number of hydrogen-bond donors (Lipinski definition) is 2. The maximum absolute atomic E-state index is 11.6. The Bertz CT molecular complexity index is 310. The Morgan fingerprint density at radius 1 is 1.53 bits per heavy atom. The van der Waals surface area contributed by atoms with Gasteiger partial charge < -0.3 is 15.2 Å². The summed E-state index contributed by atoms with van der Waals surface area (Å²) in [5.41, 5.74) is -0.546. The minimum absolute atomic E-state index is 0.0818. The van der Waals surface area contributed by atoms with Crippen LogP contribution < -0.4 is 5.32 Å². The monoisotopic (exact) mass is 241 g/mol. The molecule has 0 heterocycles. The molecule has 2 saturated carbocycles. The van der Waals surface area contributed by atoms with Crippen molar-refractivity contribution in [2.75, 3.05) is 6.54 Å². The Morgan fingerprint density at radius 3 is 2.71 bits per heavy atom. The van der Waals surface area contributed by atoms with Crippen molar-refractivity contribution in [3.63, 3.8) is 0 Å². The second-order valence-corrected chi connectivity index (χ2v) is 6.58. The standard InChI is InChI=1S/C13H23NO3/c1-12(2,3)17-11(16)14-8-13-5-4-9(7-13)6-10(13)15/h9-10,15H,4-8H2,1-3H3,(H,14,16). The van der Waals surface area contributed by atoms with Crippen LogP contribution in [0.3, 0.4) is 0 Å². The van der Waals surface area contributed by atoms with E-state index in [-0.39, 0.29) is 17.6 Å². The first-order valence-corrected chi connectivity index (χ1v) is 6.46. The highest BCUT2D eigenvalue weighted by atomic mass is 16.6. The Hall–Kier alpha value is -0.770. The zero-order valence-corrected chi connectivity index (χ0v) is 11.0. The van der Waals surface area contributed by atoms with Gasteiger partial charge in [-0.1, -0.05) is 0 Å². The van der Waals surface area contributed by atoms with Gasteiger partial charge >= 0.3 is 6.09 Å². The van der Waals surface area contributed by atoms with Gasteiger partial charge in [-0.3, -0.25) is 0 Å². The van der Waals surface area contributed by atoms with Crippen LogP contribution in [0.25, 0.3) is 0 Å². The van der Waals surface area contributed by atoms with E-state index in [0.29, 0.717) is 12.5 Å². The molecule has 3 atom stereocenters. The number of alkyl carbamates (subject to hydrolysis) is 1. The summed E-state index contributed by atoms with van der Waals surface area (Å²) < 4.78 is 5.20. The van der Waals surface area contributed by atoms with Crippen LogP contribution in [0.4, 0.5) is 4.79 Å². The Balaban J connectivity index is 1.84. The average molecular weight is 241 g/mol. The molecular weight excluding hydrogens is 218 g/mol. The maximum Gasteiger partial charge on any atom is 0.407 e. The van der Waals surface area contributed by atoms with Gasteiger partial charge in [0.05, 0.1) is 6.10 Å². The number of amides is 1. The van der Waals surface area contributed by atoms with Gasteiger partial charge in [-0.15, -0.1) is 0 Å². The molecule has 2 N–H and O–H groups in total. The van der Waals surface area contributed by atoms with E-state index in [9.17, 15) is 9.90 Å². The molecule has 2 bridgehead atoms. The molecule has 2 rings (SSSR count). The van der Waals surface area contributed by atoms with Crippen LogP contribution in [0.5, 0.6) is 0 Å². The third-order valence-corrected chi connectivity index (χ3v) is 3.99. The van der Waals surface area contributed by atoms with Gasteiger partial charge in [-0.2, -0.15) is 0 Å². The van der Waals surface area contributed by atoms with Crippen LogP contribution in [-0.4, -0.2) is 29.4 Å². The van der Waals surface area contributed by atoms with E-state index >= 15 is 0 Å². The van der Waals surface area contributed by atoms with Gasteiger partial charge in [0.1, 0.15) is 5.60 Å². The number of carbonyl (C=O) groups excluding carboxylic acids is 1. The first-order chi connectivity index (χ1) is 7.81. The van der Waals surface area contributed by atoms with Gasteiger partial charge in [-0.25, -0.2) is 4.79 Å². The van der Waals surface area contributed by atoms with Crippen LogP contribution >= 0.6 is 0 Å². The molecule has 98 valence electrons. The normalized spacial score (nSPS) is 36.0. The van der Waals surface area contributed by atoms with E-state index in [2.05, 4.69) is 5.32 Å². The van der Waals surface area contributed by atoms with Gasteiger partial charge in [0.2, 0.25) is 0 Å². The molecule has 1 amide bonds. The maximum atomic E-state index is 11.6. The summed E-state index contributed by atoms with van der Waals surface area (Å²) in [6.07, 6.45) is 3.52. The average Bonchev–Trinajstić information content (AvgIpc) is 2.69. The second-order valence-electron chi connectivity index (χ2n) is 6.58. The summed E-state index contributed by atoms with van der Waals surface area (Å²) in [7, 11) is 0. The van der Waals surface area contributed by atoms with Gasteiger partial charge in [-0.05, 0) is 52.4 Å². The van der Waals surface area contributed by atoms with Crippen molar-refractivity contribution in [3.05, 3.63) is 0 Å². The van der Waals surface area contributed by atoms with E-state index in [1.807, 2.05) is 20.8 Å². The number of aliphatic hydroxyl groups excluding tert-OH is 1. The highest BCUT2D eigenvalue weighted by Crippen LogP contribution is 2.53. The van der Waals surface area contributed by atoms with Crippen molar-refractivity contribution < 1.29 is 14.6 Å². The van der Waals surface area contributed by atoms with Crippen molar-refractivity contribution in [3.8, 4) is 0 Å². The lowest BCUT2D eigenvalue weighted by Crippen LogP contribution is -2.43. The number of fused-ring (bicyclic) bond motifs is 2. The van der Waals surface area contributed by atoms with Crippen molar-refractivity contribution in [1.82, 2.24) is 5.32 Å². The molecule has 0 radical (unpaired) electrons. The summed E-state index contributed by atoms with van der Waals surface area (Å²) in [6, 6.07) is 0. The van der Waals surface area contributed by atoms with Gasteiger partial charge in [0.15, 0.2) is 0 Å². The molecule has 0 aromatic carbocycles. The van der Waals surface area contributed by atoms with E-state index in [1.165, 1.54) is 6.42 Å². The fraction of sp³-hybridized carbons (Fsp3) is 0.923. The molecule has 0 aliphatic heterocycles. The minimum atomic E-state index is -0.464. The summed E-state index contributed by atoms with van der Waals surface area (Å²) >= 11 is 0. The van der Waals surface area contributed by atoms with Crippen LogP contribution in [-0.2, 0) is 4.74 Å². The third-order valence-electron chi connectivity index (χ3n) is 3.99. The smallest absolute Gasteiger partial charge is 0.407 e.